The topological polar surface area (TPSA) is 101 Å². The molecule has 0 radical (unpaired) electrons. The molecule has 0 saturated heterocycles. The molecule has 0 heterocycles. The molecule has 0 atom stereocenters. The van der Waals surface area contributed by atoms with E-state index in [0.29, 0.717) is 12.1 Å². The van der Waals surface area contributed by atoms with Crippen molar-refractivity contribution in [3.8, 4) is 0 Å². The smallest absolute Gasteiger partial charge is 0.329 e. The molecule has 0 saturated carbocycles. The quantitative estimate of drug-likeness (QED) is 0.738. The predicted molar refractivity (Wildman–Crippen MR) is 78.8 cm³/mol. The summed E-state index contributed by atoms with van der Waals surface area (Å²) < 4.78 is 26.1. The summed E-state index contributed by atoms with van der Waals surface area (Å²) in [4.78, 5) is 11.6. The van der Waals surface area contributed by atoms with Gasteiger partial charge in [-0.1, -0.05) is 13.0 Å². The number of nitrogens with two attached hydrogens (primary N) is 1. The molecular formula is C13H21N3O3S. The van der Waals surface area contributed by atoms with Crippen molar-refractivity contribution >= 4 is 21.7 Å². The maximum atomic E-state index is 12.1. The van der Waals surface area contributed by atoms with Crippen LogP contribution in [-0.2, 0) is 16.4 Å². The van der Waals surface area contributed by atoms with E-state index < -0.39 is 21.6 Å². The summed E-state index contributed by atoms with van der Waals surface area (Å²) in [7, 11) is -3.92. The molecule has 0 bridgehead atoms. The number of hydrogen-bond donors (Lipinski definition) is 3. The number of amides is 2. The van der Waals surface area contributed by atoms with Gasteiger partial charge in [-0.3, -0.25) is 0 Å². The zero-order chi connectivity index (χ0) is 15.6. The van der Waals surface area contributed by atoms with E-state index in [1.54, 1.807) is 26.8 Å². The Kier molecular flexibility index (Phi) is 4.65. The van der Waals surface area contributed by atoms with E-state index in [2.05, 4.69) is 5.32 Å². The first-order valence-electron chi connectivity index (χ1n) is 6.28. The van der Waals surface area contributed by atoms with Crippen LogP contribution in [0.4, 0.5) is 10.5 Å². The molecule has 0 aromatic heterocycles. The lowest BCUT2D eigenvalue weighted by atomic mass is 10.1. The van der Waals surface area contributed by atoms with Crippen LogP contribution in [0.1, 0.15) is 33.3 Å². The van der Waals surface area contributed by atoms with Crippen molar-refractivity contribution in [2.75, 3.05) is 5.73 Å². The highest BCUT2D eigenvalue weighted by Crippen LogP contribution is 2.18. The average molecular weight is 299 g/mol. The molecular weight excluding hydrogens is 278 g/mol. The molecule has 1 aromatic carbocycles. The number of sulfonamides is 1. The average Bonchev–Trinajstić information content (AvgIpc) is 2.25. The molecule has 0 spiro atoms. The van der Waals surface area contributed by atoms with Crippen LogP contribution in [0.2, 0.25) is 0 Å². The minimum atomic E-state index is -3.92. The van der Waals surface area contributed by atoms with Crippen LogP contribution in [0.5, 0.6) is 0 Å². The SMILES string of the molecule is CCc1ccc(S(=O)(=O)NC(=O)NC(C)(C)C)cc1N. The summed E-state index contributed by atoms with van der Waals surface area (Å²) in [5, 5.41) is 2.52. The summed E-state index contributed by atoms with van der Waals surface area (Å²) in [6.45, 7) is 7.20. The van der Waals surface area contributed by atoms with Gasteiger partial charge in [0.2, 0.25) is 0 Å². The minimum absolute atomic E-state index is 0.0312. The molecule has 7 heteroatoms. The number of nitrogen functional groups attached to an aromatic ring is 1. The van der Waals surface area contributed by atoms with Crippen LogP contribution in [0.3, 0.4) is 0 Å². The molecule has 6 nitrogen and oxygen atoms in total. The Morgan fingerprint density at radius 1 is 1.30 bits per heavy atom. The van der Waals surface area contributed by atoms with Gasteiger partial charge in [0.15, 0.2) is 0 Å². The molecule has 0 aliphatic heterocycles. The molecule has 0 aliphatic carbocycles. The van der Waals surface area contributed by atoms with E-state index in [1.807, 2.05) is 11.6 Å². The van der Waals surface area contributed by atoms with Gasteiger partial charge in [-0.15, -0.1) is 0 Å². The highest BCUT2D eigenvalue weighted by molar-refractivity contribution is 7.90. The molecule has 0 unspecified atom stereocenters. The maximum absolute atomic E-state index is 12.1. The molecule has 1 aromatic rings. The number of benzene rings is 1. The van der Waals surface area contributed by atoms with Crippen LogP contribution >= 0.6 is 0 Å². The molecule has 2 amide bonds. The van der Waals surface area contributed by atoms with E-state index in [1.165, 1.54) is 12.1 Å². The van der Waals surface area contributed by atoms with Crippen molar-refractivity contribution in [2.24, 2.45) is 0 Å². The minimum Gasteiger partial charge on any atom is -0.398 e. The maximum Gasteiger partial charge on any atom is 0.329 e. The van der Waals surface area contributed by atoms with Gasteiger partial charge in [-0.05, 0) is 44.9 Å². The monoisotopic (exact) mass is 299 g/mol. The van der Waals surface area contributed by atoms with Gasteiger partial charge in [-0.2, -0.15) is 0 Å². The largest absolute Gasteiger partial charge is 0.398 e. The Balaban J connectivity index is 2.95. The summed E-state index contributed by atoms with van der Waals surface area (Å²) in [5.74, 6) is 0. The fourth-order valence-electron chi connectivity index (χ4n) is 1.61. The number of urea groups is 1. The van der Waals surface area contributed by atoms with E-state index >= 15 is 0 Å². The van der Waals surface area contributed by atoms with Crippen LogP contribution in [0.15, 0.2) is 23.1 Å². The summed E-state index contributed by atoms with van der Waals surface area (Å²) >= 11 is 0. The first kappa shape index (κ1) is 16.3. The van der Waals surface area contributed by atoms with Crippen molar-refractivity contribution in [1.82, 2.24) is 10.0 Å². The first-order valence-corrected chi connectivity index (χ1v) is 7.77. The van der Waals surface area contributed by atoms with Gasteiger partial charge in [-0.25, -0.2) is 17.9 Å². The Hall–Kier alpha value is -1.76. The third-order valence-electron chi connectivity index (χ3n) is 2.52. The van der Waals surface area contributed by atoms with Crippen LogP contribution in [-0.4, -0.2) is 20.0 Å². The third-order valence-corrected chi connectivity index (χ3v) is 3.85. The number of carbonyl (C=O) groups is 1. The Labute approximate surface area is 119 Å². The molecule has 112 valence electrons. The fourth-order valence-corrected chi connectivity index (χ4v) is 2.55. The Morgan fingerprint density at radius 2 is 1.90 bits per heavy atom. The Bertz CT molecular complexity index is 604. The second-order valence-electron chi connectivity index (χ2n) is 5.52. The zero-order valence-electron chi connectivity index (χ0n) is 12.1. The predicted octanol–water partition coefficient (Wildman–Crippen LogP) is 1.62. The number of carbonyl (C=O) groups excluding carboxylic acids is 1. The summed E-state index contributed by atoms with van der Waals surface area (Å²) in [6.07, 6.45) is 0.712. The number of nitrogens with one attached hydrogen (secondary N) is 2. The van der Waals surface area contributed by atoms with Gasteiger partial charge in [0.25, 0.3) is 10.0 Å². The normalized spacial score (nSPS) is 12.0. The van der Waals surface area contributed by atoms with Crippen molar-refractivity contribution in [3.63, 3.8) is 0 Å². The number of aryl methyl sites for hydroxylation is 1. The molecule has 20 heavy (non-hydrogen) atoms. The van der Waals surface area contributed by atoms with Crippen molar-refractivity contribution < 1.29 is 13.2 Å². The highest BCUT2D eigenvalue weighted by Gasteiger charge is 2.21. The van der Waals surface area contributed by atoms with Crippen molar-refractivity contribution in [2.45, 2.75) is 44.6 Å². The van der Waals surface area contributed by atoms with Gasteiger partial charge in [0, 0.05) is 11.2 Å². The standard InChI is InChI=1S/C13H21N3O3S/c1-5-9-6-7-10(8-11(9)14)20(18,19)16-12(17)15-13(2,3)4/h6-8H,5,14H2,1-4H3,(H2,15,16,17). The number of anilines is 1. The second-order valence-corrected chi connectivity index (χ2v) is 7.21. The third kappa shape index (κ3) is 4.41. The molecule has 0 fully saturated rings. The van der Waals surface area contributed by atoms with Crippen molar-refractivity contribution in [1.29, 1.82) is 0 Å². The van der Waals surface area contributed by atoms with Crippen molar-refractivity contribution in [3.05, 3.63) is 23.8 Å². The summed E-state index contributed by atoms with van der Waals surface area (Å²) in [6, 6.07) is 3.66. The molecule has 1 rings (SSSR count). The summed E-state index contributed by atoms with van der Waals surface area (Å²) in [5.41, 5.74) is 6.50. The van der Waals surface area contributed by atoms with Gasteiger partial charge >= 0.3 is 6.03 Å². The van der Waals surface area contributed by atoms with E-state index in [9.17, 15) is 13.2 Å². The van der Waals surface area contributed by atoms with E-state index in [4.69, 9.17) is 5.73 Å². The van der Waals surface area contributed by atoms with Crippen LogP contribution < -0.4 is 15.8 Å². The number of rotatable bonds is 3. The lowest BCUT2D eigenvalue weighted by Crippen LogP contribution is -2.48. The van der Waals surface area contributed by atoms with E-state index in [0.717, 1.165) is 5.56 Å². The van der Waals surface area contributed by atoms with Gasteiger partial charge in [0.05, 0.1) is 4.90 Å². The Morgan fingerprint density at radius 3 is 2.35 bits per heavy atom. The lowest BCUT2D eigenvalue weighted by Gasteiger charge is -2.20. The van der Waals surface area contributed by atoms with Gasteiger partial charge in [0.1, 0.15) is 0 Å². The van der Waals surface area contributed by atoms with Crippen LogP contribution in [0.25, 0.3) is 0 Å². The van der Waals surface area contributed by atoms with Gasteiger partial charge < -0.3 is 11.1 Å². The molecule has 4 N–H and O–H groups in total. The fraction of sp³-hybridized carbons (Fsp3) is 0.462. The second kappa shape index (κ2) is 5.70. The zero-order valence-corrected chi connectivity index (χ0v) is 13.0. The van der Waals surface area contributed by atoms with Crippen LogP contribution in [0, 0.1) is 0 Å². The number of hydrogen-bond acceptors (Lipinski definition) is 4. The van der Waals surface area contributed by atoms with E-state index in [-0.39, 0.29) is 4.90 Å². The molecule has 0 aliphatic rings. The highest BCUT2D eigenvalue weighted by atomic mass is 32.2. The first-order chi connectivity index (χ1) is 9.05. The lowest BCUT2D eigenvalue weighted by molar-refractivity contribution is 0.237.